The summed E-state index contributed by atoms with van der Waals surface area (Å²) < 4.78 is 0. The number of benzene rings is 1. The summed E-state index contributed by atoms with van der Waals surface area (Å²) >= 11 is 0. The number of pyridine rings is 1. The fraction of sp³-hybridized carbons (Fsp3) is 0.389. The molecule has 0 amide bonds. The molecule has 0 saturated heterocycles. The van der Waals surface area contributed by atoms with Gasteiger partial charge in [-0.25, -0.2) is 0 Å². The standard InChI is InChI=1S/C18H25N3/c1-21(14-12-18-9-5-6-13-20-18)15-17(19)11-10-16-7-3-2-4-8-16/h2-9,13,17H,10-12,14-15,19H2,1H3. The van der Waals surface area contributed by atoms with E-state index in [1.807, 2.05) is 18.3 Å². The van der Waals surface area contributed by atoms with Gasteiger partial charge in [0.25, 0.3) is 0 Å². The highest BCUT2D eigenvalue weighted by Crippen LogP contribution is 2.05. The first kappa shape index (κ1) is 15.7. The Morgan fingerprint density at radius 2 is 1.81 bits per heavy atom. The third-order valence-corrected chi connectivity index (χ3v) is 3.67. The van der Waals surface area contributed by atoms with Crippen molar-refractivity contribution >= 4 is 0 Å². The van der Waals surface area contributed by atoms with Crippen LogP contribution in [0.5, 0.6) is 0 Å². The van der Waals surface area contributed by atoms with Crippen LogP contribution in [-0.2, 0) is 12.8 Å². The number of hydrogen-bond donors (Lipinski definition) is 1. The molecule has 0 saturated carbocycles. The van der Waals surface area contributed by atoms with Gasteiger partial charge in [0, 0.05) is 37.4 Å². The molecule has 0 aliphatic carbocycles. The van der Waals surface area contributed by atoms with Gasteiger partial charge in [-0.3, -0.25) is 4.98 Å². The van der Waals surface area contributed by atoms with E-state index >= 15 is 0 Å². The Kier molecular flexibility index (Phi) is 6.38. The summed E-state index contributed by atoms with van der Waals surface area (Å²) in [6, 6.07) is 16.8. The second-order valence-electron chi connectivity index (χ2n) is 5.62. The number of aromatic nitrogens is 1. The van der Waals surface area contributed by atoms with Crippen LogP contribution in [-0.4, -0.2) is 36.1 Å². The molecule has 1 aromatic heterocycles. The molecule has 1 aromatic carbocycles. The predicted molar refractivity (Wildman–Crippen MR) is 88.2 cm³/mol. The summed E-state index contributed by atoms with van der Waals surface area (Å²) in [5.74, 6) is 0. The molecule has 0 aliphatic heterocycles. The molecule has 112 valence electrons. The molecular formula is C18H25N3. The molecule has 21 heavy (non-hydrogen) atoms. The van der Waals surface area contributed by atoms with Gasteiger partial charge >= 0.3 is 0 Å². The smallest absolute Gasteiger partial charge is 0.0416 e. The van der Waals surface area contributed by atoms with Crippen LogP contribution in [0, 0.1) is 0 Å². The van der Waals surface area contributed by atoms with Crippen molar-refractivity contribution in [1.29, 1.82) is 0 Å². The van der Waals surface area contributed by atoms with E-state index in [2.05, 4.69) is 53.3 Å². The van der Waals surface area contributed by atoms with Gasteiger partial charge < -0.3 is 10.6 Å². The zero-order chi connectivity index (χ0) is 14.9. The number of nitrogens with two attached hydrogens (primary N) is 1. The third-order valence-electron chi connectivity index (χ3n) is 3.67. The lowest BCUT2D eigenvalue weighted by Gasteiger charge is -2.21. The number of likely N-dealkylation sites (N-methyl/N-ethyl adjacent to an activating group) is 1. The van der Waals surface area contributed by atoms with Crippen LogP contribution in [0.3, 0.4) is 0 Å². The molecule has 1 unspecified atom stereocenters. The van der Waals surface area contributed by atoms with E-state index in [-0.39, 0.29) is 6.04 Å². The summed E-state index contributed by atoms with van der Waals surface area (Å²) in [6.45, 7) is 1.93. The Balaban J connectivity index is 1.66. The number of nitrogens with zero attached hydrogens (tertiary/aromatic N) is 2. The van der Waals surface area contributed by atoms with E-state index in [1.54, 1.807) is 0 Å². The number of rotatable bonds is 8. The van der Waals surface area contributed by atoms with E-state index in [1.165, 1.54) is 5.56 Å². The number of aryl methyl sites for hydroxylation is 1. The molecular weight excluding hydrogens is 258 g/mol. The first-order valence-corrected chi connectivity index (χ1v) is 7.62. The lowest BCUT2D eigenvalue weighted by atomic mass is 10.1. The lowest BCUT2D eigenvalue weighted by molar-refractivity contribution is 0.307. The second-order valence-corrected chi connectivity index (χ2v) is 5.62. The first-order valence-electron chi connectivity index (χ1n) is 7.62. The van der Waals surface area contributed by atoms with Crippen molar-refractivity contribution in [1.82, 2.24) is 9.88 Å². The van der Waals surface area contributed by atoms with Crippen LogP contribution in [0.15, 0.2) is 54.7 Å². The third kappa shape index (κ3) is 6.06. The summed E-state index contributed by atoms with van der Waals surface area (Å²) in [5, 5.41) is 0. The topological polar surface area (TPSA) is 42.2 Å². The van der Waals surface area contributed by atoms with Gasteiger partial charge in [-0.2, -0.15) is 0 Å². The molecule has 0 fully saturated rings. The summed E-state index contributed by atoms with van der Waals surface area (Å²) in [6.07, 6.45) is 4.90. The maximum atomic E-state index is 6.23. The fourth-order valence-corrected chi connectivity index (χ4v) is 2.43. The number of hydrogen-bond acceptors (Lipinski definition) is 3. The normalized spacial score (nSPS) is 12.5. The van der Waals surface area contributed by atoms with Crippen molar-refractivity contribution in [3.8, 4) is 0 Å². The van der Waals surface area contributed by atoms with E-state index in [0.29, 0.717) is 0 Å². The highest BCUT2D eigenvalue weighted by atomic mass is 15.1. The van der Waals surface area contributed by atoms with E-state index in [4.69, 9.17) is 5.73 Å². The minimum atomic E-state index is 0.221. The Labute approximate surface area is 127 Å². The van der Waals surface area contributed by atoms with Crippen LogP contribution in [0.1, 0.15) is 17.7 Å². The van der Waals surface area contributed by atoms with Crippen molar-refractivity contribution in [3.63, 3.8) is 0 Å². The maximum Gasteiger partial charge on any atom is 0.0416 e. The Morgan fingerprint density at radius 3 is 2.52 bits per heavy atom. The van der Waals surface area contributed by atoms with Crippen molar-refractivity contribution < 1.29 is 0 Å². The minimum Gasteiger partial charge on any atom is -0.327 e. The van der Waals surface area contributed by atoms with Crippen LogP contribution in [0.25, 0.3) is 0 Å². The van der Waals surface area contributed by atoms with Crippen molar-refractivity contribution in [2.24, 2.45) is 5.73 Å². The average Bonchev–Trinajstić information content (AvgIpc) is 2.53. The molecule has 0 spiro atoms. The minimum absolute atomic E-state index is 0.221. The predicted octanol–water partition coefficient (Wildman–Crippen LogP) is 2.52. The zero-order valence-electron chi connectivity index (χ0n) is 12.8. The quantitative estimate of drug-likeness (QED) is 0.809. The van der Waals surface area contributed by atoms with E-state index in [9.17, 15) is 0 Å². The average molecular weight is 283 g/mol. The molecule has 3 nitrogen and oxygen atoms in total. The Morgan fingerprint density at radius 1 is 1.05 bits per heavy atom. The SMILES string of the molecule is CN(CCc1ccccn1)CC(N)CCc1ccccc1. The molecule has 0 radical (unpaired) electrons. The molecule has 1 atom stereocenters. The van der Waals surface area contributed by atoms with Crippen molar-refractivity contribution in [2.75, 3.05) is 20.1 Å². The molecule has 2 aromatic rings. The van der Waals surface area contributed by atoms with Gasteiger partial charge in [-0.1, -0.05) is 36.4 Å². The monoisotopic (exact) mass is 283 g/mol. The molecule has 1 heterocycles. The van der Waals surface area contributed by atoms with Crippen molar-refractivity contribution in [3.05, 3.63) is 66.0 Å². The van der Waals surface area contributed by atoms with Gasteiger partial charge in [0.15, 0.2) is 0 Å². The van der Waals surface area contributed by atoms with Gasteiger partial charge in [-0.15, -0.1) is 0 Å². The largest absolute Gasteiger partial charge is 0.327 e. The van der Waals surface area contributed by atoms with Gasteiger partial charge in [-0.05, 0) is 37.6 Å². The summed E-state index contributed by atoms with van der Waals surface area (Å²) in [7, 11) is 2.13. The van der Waals surface area contributed by atoms with Crippen LogP contribution >= 0.6 is 0 Å². The molecule has 3 heteroatoms. The van der Waals surface area contributed by atoms with Crippen LogP contribution < -0.4 is 5.73 Å². The van der Waals surface area contributed by atoms with Gasteiger partial charge in [0.1, 0.15) is 0 Å². The van der Waals surface area contributed by atoms with E-state index < -0.39 is 0 Å². The van der Waals surface area contributed by atoms with Crippen molar-refractivity contribution in [2.45, 2.75) is 25.3 Å². The summed E-state index contributed by atoms with van der Waals surface area (Å²) in [5.41, 5.74) is 8.74. The van der Waals surface area contributed by atoms with E-state index in [0.717, 1.165) is 38.0 Å². The Bertz CT molecular complexity index is 451. The second kappa shape index (κ2) is 8.55. The van der Waals surface area contributed by atoms with Gasteiger partial charge in [0.05, 0.1) is 0 Å². The molecule has 2 N–H and O–H groups in total. The van der Waals surface area contributed by atoms with Crippen LogP contribution in [0.4, 0.5) is 0 Å². The summed E-state index contributed by atoms with van der Waals surface area (Å²) in [4.78, 5) is 6.64. The molecule has 0 aliphatic rings. The highest BCUT2D eigenvalue weighted by Gasteiger charge is 2.07. The Hall–Kier alpha value is -1.71. The molecule has 0 bridgehead atoms. The maximum absolute atomic E-state index is 6.23. The molecule has 2 rings (SSSR count). The first-order chi connectivity index (χ1) is 10.2. The van der Waals surface area contributed by atoms with Gasteiger partial charge in [0.2, 0.25) is 0 Å². The fourth-order valence-electron chi connectivity index (χ4n) is 2.43. The zero-order valence-corrected chi connectivity index (χ0v) is 12.8. The lowest BCUT2D eigenvalue weighted by Crippen LogP contribution is -2.36. The highest BCUT2D eigenvalue weighted by molar-refractivity contribution is 5.14. The van der Waals surface area contributed by atoms with Crippen LogP contribution in [0.2, 0.25) is 0 Å².